The second-order valence-electron chi connectivity index (χ2n) is 3.80. The highest BCUT2D eigenvalue weighted by Crippen LogP contribution is 2.23. The summed E-state index contributed by atoms with van der Waals surface area (Å²) in [5.74, 6) is 1.42. The van der Waals surface area contributed by atoms with Crippen molar-refractivity contribution in [3.8, 4) is 5.75 Å². The molecule has 0 amide bonds. The number of anilines is 2. The lowest BCUT2D eigenvalue weighted by Crippen LogP contribution is -2.13. The number of hydrogen-bond donors (Lipinski definition) is 2. The highest BCUT2D eigenvalue weighted by Gasteiger charge is 2.02. The third-order valence-corrected chi connectivity index (χ3v) is 3.19. The molecule has 0 bridgehead atoms. The molecule has 0 aliphatic rings. The number of benzene rings is 1. The van der Waals surface area contributed by atoms with E-state index in [1.165, 1.54) is 0 Å². The number of ether oxygens (including phenoxy) is 1. The van der Waals surface area contributed by atoms with Crippen molar-refractivity contribution in [1.82, 2.24) is 4.98 Å². The van der Waals surface area contributed by atoms with Crippen molar-refractivity contribution in [3.63, 3.8) is 0 Å². The van der Waals surface area contributed by atoms with E-state index in [2.05, 4.69) is 26.2 Å². The number of pyridine rings is 1. The Morgan fingerprint density at radius 3 is 2.89 bits per heavy atom. The highest BCUT2D eigenvalue weighted by atomic mass is 79.9. The second kappa shape index (κ2) is 6.63. The number of nitrogen functional groups attached to an aromatic ring is 1. The molecule has 0 unspecified atom stereocenters. The van der Waals surface area contributed by atoms with E-state index < -0.39 is 0 Å². The minimum Gasteiger partial charge on any atom is -0.490 e. The first-order valence-electron chi connectivity index (χ1n) is 5.69. The van der Waals surface area contributed by atoms with Gasteiger partial charge in [0.2, 0.25) is 0 Å². The Labute approximate surface area is 125 Å². The van der Waals surface area contributed by atoms with Gasteiger partial charge in [-0.1, -0.05) is 23.7 Å². The van der Waals surface area contributed by atoms with Crippen molar-refractivity contribution in [1.29, 1.82) is 0 Å². The zero-order valence-electron chi connectivity index (χ0n) is 10.1. The second-order valence-corrected chi connectivity index (χ2v) is 5.09. The Morgan fingerprint density at radius 2 is 2.16 bits per heavy atom. The molecule has 0 aliphatic heterocycles. The highest BCUT2D eigenvalue weighted by molar-refractivity contribution is 9.10. The van der Waals surface area contributed by atoms with Crippen LogP contribution in [-0.4, -0.2) is 18.1 Å². The van der Waals surface area contributed by atoms with E-state index >= 15 is 0 Å². The molecule has 1 aromatic carbocycles. The van der Waals surface area contributed by atoms with E-state index in [-0.39, 0.29) is 0 Å². The Bertz CT molecular complexity index is 565. The Hall–Kier alpha value is -1.46. The van der Waals surface area contributed by atoms with Crippen molar-refractivity contribution in [2.45, 2.75) is 0 Å². The van der Waals surface area contributed by atoms with Gasteiger partial charge in [0, 0.05) is 6.20 Å². The number of halogens is 2. The molecule has 2 aromatic rings. The molecule has 0 atom stereocenters. The van der Waals surface area contributed by atoms with Crippen LogP contribution in [0.1, 0.15) is 0 Å². The first-order valence-corrected chi connectivity index (χ1v) is 6.86. The van der Waals surface area contributed by atoms with Crippen LogP contribution >= 0.6 is 27.5 Å². The molecule has 0 saturated heterocycles. The minimum atomic E-state index is 0.491. The molecule has 2 rings (SSSR count). The zero-order valence-corrected chi connectivity index (χ0v) is 12.4. The molecule has 1 aromatic heterocycles. The lowest BCUT2D eigenvalue weighted by Gasteiger charge is -2.10. The largest absolute Gasteiger partial charge is 0.490 e. The topological polar surface area (TPSA) is 60.2 Å². The molecule has 4 nitrogen and oxygen atoms in total. The summed E-state index contributed by atoms with van der Waals surface area (Å²) in [7, 11) is 0. The average Bonchev–Trinajstić information content (AvgIpc) is 2.38. The standard InChI is InChI=1S/C13H13BrClN3O/c14-10-7-9(15)8-18-13(10)17-5-6-19-12-4-2-1-3-11(12)16/h1-4,7-8H,5-6,16H2,(H,17,18). The normalized spacial score (nSPS) is 10.2. The van der Waals surface area contributed by atoms with Crippen LogP contribution in [0, 0.1) is 0 Å². The molecule has 100 valence electrons. The van der Waals surface area contributed by atoms with Crippen LogP contribution in [-0.2, 0) is 0 Å². The Kier molecular flexibility index (Phi) is 4.87. The van der Waals surface area contributed by atoms with Crippen LogP contribution < -0.4 is 15.8 Å². The van der Waals surface area contributed by atoms with Gasteiger partial charge in [0.25, 0.3) is 0 Å². The predicted molar refractivity (Wildman–Crippen MR) is 81.8 cm³/mol. The van der Waals surface area contributed by atoms with Gasteiger partial charge in [-0.25, -0.2) is 4.98 Å². The minimum absolute atomic E-state index is 0.491. The lowest BCUT2D eigenvalue weighted by atomic mass is 10.3. The quantitative estimate of drug-likeness (QED) is 0.644. The summed E-state index contributed by atoms with van der Waals surface area (Å²) in [4.78, 5) is 4.17. The van der Waals surface area contributed by atoms with Crippen LogP contribution in [0.4, 0.5) is 11.5 Å². The zero-order chi connectivity index (χ0) is 13.7. The van der Waals surface area contributed by atoms with E-state index in [0.29, 0.717) is 29.6 Å². The molecular weight excluding hydrogens is 330 g/mol. The number of aromatic nitrogens is 1. The fraction of sp³-hybridized carbons (Fsp3) is 0.154. The van der Waals surface area contributed by atoms with Crippen molar-refractivity contribution in [2.24, 2.45) is 0 Å². The number of nitrogens with one attached hydrogen (secondary N) is 1. The summed E-state index contributed by atoms with van der Waals surface area (Å²) in [5.41, 5.74) is 6.41. The summed E-state index contributed by atoms with van der Waals surface area (Å²) in [6.45, 7) is 1.10. The summed E-state index contributed by atoms with van der Waals surface area (Å²) in [6, 6.07) is 9.18. The van der Waals surface area contributed by atoms with Crippen LogP contribution in [0.15, 0.2) is 41.0 Å². The van der Waals surface area contributed by atoms with E-state index in [4.69, 9.17) is 22.1 Å². The van der Waals surface area contributed by atoms with Crippen LogP contribution in [0.5, 0.6) is 5.75 Å². The molecular formula is C13H13BrClN3O. The van der Waals surface area contributed by atoms with Crippen LogP contribution in [0.2, 0.25) is 5.02 Å². The Balaban J connectivity index is 1.83. The van der Waals surface area contributed by atoms with E-state index in [9.17, 15) is 0 Å². The average molecular weight is 343 g/mol. The fourth-order valence-electron chi connectivity index (χ4n) is 1.49. The number of nitrogens with zero attached hydrogens (tertiary/aromatic N) is 1. The molecule has 1 heterocycles. The molecule has 0 radical (unpaired) electrons. The molecule has 19 heavy (non-hydrogen) atoms. The number of nitrogens with two attached hydrogens (primary N) is 1. The van der Waals surface area contributed by atoms with Gasteiger partial charge in [-0.2, -0.15) is 0 Å². The monoisotopic (exact) mass is 341 g/mol. The lowest BCUT2D eigenvalue weighted by molar-refractivity contribution is 0.334. The van der Waals surface area contributed by atoms with E-state index in [0.717, 1.165) is 10.3 Å². The van der Waals surface area contributed by atoms with Crippen LogP contribution in [0.25, 0.3) is 0 Å². The third kappa shape index (κ3) is 4.01. The summed E-state index contributed by atoms with van der Waals surface area (Å²) in [6.07, 6.45) is 1.59. The van der Waals surface area contributed by atoms with E-state index in [1.54, 1.807) is 18.3 Å². The molecule has 0 saturated carbocycles. The maximum absolute atomic E-state index is 5.82. The van der Waals surface area contributed by atoms with Gasteiger partial charge in [0.1, 0.15) is 18.2 Å². The van der Waals surface area contributed by atoms with Crippen molar-refractivity contribution >= 4 is 39.0 Å². The van der Waals surface area contributed by atoms with E-state index in [1.807, 2.05) is 18.2 Å². The van der Waals surface area contributed by atoms with Gasteiger partial charge in [0.15, 0.2) is 0 Å². The Morgan fingerprint density at radius 1 is 1.37 bits per heavy atom. The summed E-state index contributed by atoms with van der Waals surface area (Å²) in [5, 5.41) is 3.74. The number of hydrogen-bond acceptors (Lipinski definition) is 4. The SMILES string of the molecule is Nc1ccccc1OCCNc1ncc(Cl)cc1Br. The molecule has 0 aliphatic carbocycles. The van der Waals surface area contributed by atoms with Gasteiger partial charge in [-0.15, -0.1) is 0 Å². The van der Waals surface area contributed by atoms with Crippen molar-refractivity contribution < 1.29 is 4.74 Å². The van der Waals surface area contributed by atoms with Gasteiger partial charge >= 0.3 is 0 Å². The number of para-hydroxylation sites is 2. The van der Waals surface area contributed by atoms with Gasteiger partial charge < -0.3 is 15.8 Å². The van der Waals surface area contributed by atoms with Gasteiger partial charge in [0.05, 0.1) is 21.7 Å². The molecule has 6 heteroatoms. The molecule has 3 N–H and O–H groups in total. The predicted octanol–water partition coefficient (Wildman–Crippen LogP) is 3.57. The van der Waals surface area contributed by atoms with Crippen LogP contribution in [0.3, 0.4) is 0 Å². The third-order valence-electron chi connectivity index (χ3n) is 2.38. The van der Waals surface area contributed by atoms with Gasteiger partial charge in [-0.05, 0) is 34.1 Å². The van der Waals surface area contributed by atoms with Crippen molar-refractivity contribution in [3.05, 3.63) is 46.0 Å². The first-order chi connectivity index (χ1) is 9.16. The van der Waals surface area contributed by atoms with Crippen molar-refractivity contribution in [2.75, 3.05) is 24.2 Å². The smallest absolute Gasteiger partial charge is 0.142 e. The summed E-state index contributed by atoms with van der Waals surface area (Å²) >= 11 is 9.20. The first kappa shape index (κ1) is 14.0. The van der Waals surface area contributed by atoms with Gasteiger partial charge in [-0.3, -0.25) is 0 Å². The maximum atomic E-state index is 5.82. The molecule has 0 fully saturated rings. The summed E-state index contributed by atoms with van der Waals surface area (Å²) < 4.78 is 6.38. The number of rotatable bonds is 5. The maximum Gasteiger partial charge on any atom is 0.142 e. The molecule has 0 spiro atoms. The fourth-order valence-corrected chi connectivity index (χ4v) is 2.27.